The molecule has 0 aliphatic carbocycles. The molecular formula is C20H35N3O3. The van der Waals surface area contributed by atoms with E-state index in [-0.39, 0.29) is 12.0 Å². The monoisotopic (exact) mass is 365 g/mol. The van der Waals surface area contributed by atoms with Crippen LogP contribution in [0.4, 0.5) is 0 Å². The van der Waals surface area contributed by atoms with Crippen LogP contribution in [0.3, 0.4) is 0 Å². The topological polar surface area (TPSA) is 75.1 Å². The van der Waals surface area contributed by atoms with Gasteiger partial charge < -0.3 is 25.2 Å². The molecule has 0 heterocycles. The summed E-state index contributed by atoms with van der Waals surface area (Å²) in [5.74, 6) is 2.42. The van der Waals surface area contributed by atoms with E-state index in [1.807, 2.05) is 31.2 Å². The SMILES string of the molecule is CCNC(=NCC(CC)(CC)CCO)NCCOc1ccc(OC)cc1. The third kappa shape index (κ3) is 7.52. The maximum absolute atomic E-state index is 9.34. The summed E-state index contributed by atoms with van der Waals surface area (Å²) in [7, 11) is 1.65. The van der Waals surface area contributed by atoms with Gasteiger partial charge in [-0.2, -0.15) is 0 Å². The molecule has 26 heavy (non-hydrogen) atoms. The fourth-order valence-electron chi connectivity index (χ4n) is 2.74. The Bertz CT molecular complexity index is 514. The zero-order valence-corrected chi connectivity index (χ0v) is 16.7. The van der Waals surface area contributed by atoms with Gasteiger partial charge in [0.2, 0.25) is 0 Å². The summed E-state index contributed by atoms with van der Waals surface area (Å²) >= 11 is 0. The summed E-state index contributed by atoms with van der Waals surface area (Å²) in [5, 5.41) is 15.9. The van der Waals surface area contributed by atoms with Crippen LogP contribution in [-0.4, -0.2) is 51.0 Å². The van der Waals surface area contributed by atoms with Gasteiger partial charge in [-0.1, -0.05) is 13.8 Å². The number of aliphatic imine (C=N–C) groups is 1. The molecule has 0 unspecified atom stereocenters. The minimum atomic E-state index is 0.0662. The van der Waals surface area contributed by atoms with E-state index in [0.29, 0.717) is 19.7 Å². The molecule has 0 bridgehead atoms. The number of ether oxygens (including phenoxy) is 2. The predicted molar refractivity (Wildman–Crippen MR) is 107 cm³/mol. The number of benzene rings is 1. The minimum absolute atomic E-state index is 0.0662. The molecule has 0 aliphatic heterocycles. The fraction of sp³-hybridized carbons (Fsp3) is 0.650. The Morgan fingerprint density at radius 1 is 1.08 bits per heavy atom. The van der Waals surface area contributed by atoms with Crippen molar-refractivity contribution in [3.63, 3.8) is 0 Å². The van der Waals surface area contributed by atoms with Gasteiger partial charge in [0.25, 0.3) is 0 Å². The Morgan fingerprint density at radius 3 is 2.27 bits per heavy atom. The fourth-order valence-corrected chi connectivity index (χ4v) is 2.74. The molecule has 0 aliphatic rings. The standard InChI is InChI=1S/C20H35N3O3/c1-5-20(6-2,12-14-24)16-23-19(21-7-3)22-13-15-26-18-10-8-17(25-4)9-11-18/h8-11,24H,5-7,12-16H2,1-4H3,(H2,21,22,23). The summed E-state index contributed by atoms with van der Waals surface area (Å²) in [4.78, 5) is 4.72. The second kappa shape index (κ2) is 12.4. The highest BCUT2D eigenvalue weighted by Gasteiger charge is 2.25. The Hall–Kier alpha value is -1.95. The van der Waals surface area contributed by atoms with Crippen molar-refractivity contribution in [3.05, 3.63) is 24.3 Å². The first-order valence-electron chi connectivity index (χ1n) is 9.53. The predicted octanol–water partition coefficient (Wildman–Crippen LogP) is 2.82. The molecule has 0 atom stereocenters. The third-order valence-electron chi connectivity index (χ3n) is 4.78. The third-order valence-corrected chi connectivity index (χ3v) is 4.78. The first-order chi connectivity index (χ1) is 12.6. The Kier molecular flexibility index (Phi) is 10.5. The molecule has 0 aromatic heterocycles. The first-order valence-corrected chi connectivity index (χ1v) is 9.53. The van der Waals surface area contributed by atoms with Crippen molar-refractivity contribution < 1.29 is 14.6 Å². The van der Waals surface area contributed by atoms with Crippen molar-refractivity contribution in [3.8, 4) is 11.5 Å². The van der Waals surface area contributed by atoms with Crippen LogP contribution in [0.1, 0.15) is 40.0 Å². The molecule has 0 spiro atoms. The normalized spacial score (nSPS) is 12.0. The number of aliphatic hydroxyl groups excluding tert-OH is 1. The van der Waals surface area contributed by atoms with Crippen LogP contribution in [0.25, 0.3) is 0 Å². The summed E-state index contributed by atoms with van der Waals surface area (Å²) in [5.41, 5.74) is 0.0662. The number of methoxy groups -OCH3 is 1. The first kappa shape index (κ1) is 22.1. The minimum Gasteiger partial charge on any atom is -0.497 e. The summed E-state index contributed by atoms with van der Waals surface area (Å²) < 4.78 is 10.9. The molecule has 0 saturated carbocycles. The van der Waals surface area contributed by atoms with Crippen molar-refractivity contribution in [1.82, 2.24) is 10.6 Å². The highest BCUT2D eigenvalue weighted by Crippen LogP contribution is 2.30. The van der Waals surface area contributed by atoms with Crippen LogP contribution in [0.2, 0.25) is 0 Å². The summed E-state index contributed by atoms with van der Waals surface area (Å²) in [6.07, 6.45) is 2.80. The number of nitrogens with one attached hydrogen (secondary N) is 2. The lowest BCUT2D eigenvalue weighted by atomic mass is 9.79. The molecular weight excluding hydrogens is 330 g/mol. The van der Waals surface area contributed by atoms with Crippen molar-refractivity contribution in [1.29, 1.82) is 0 Å². The molecule has 0 fully saturated rings. The van der Waals surface area contributed by atoms with Crippen molar-refractivity contribution in [2.24, 2.45) is 10.4 Å². The summed E-state index contributed by atoms with van der Waals surface area (Å²) in [6, 6.07) is 7.54. The number of guanidine groups is 1. The van der Waals surface area contributed by atoms with Crippen LogP contribution in [0.5, 0.6) is 11.5 Å². The maximum atomic E-state index is 9.34. The van der Waals surface area contributed by atoms with Gasteiger partial charge in [-0.15, -0.1) is 0 Å². The molecule has 6 heteroatoms. The Labute approximate surface area is 158 Å². The van der Waals surface area contributed by atoms with Gasteiger partial charge in [0.1, 0.15) is 18.1 Å². The van der Waals surface area contributed by atoms with E-state index in [1.165, 1.54) is 0 Å². The quantitative estimate of drug-likeness (QED) is 0.302. The molecule has 1 aromatic rings. The van der Waals surface area contributed by atoms with E-state index in [4.69, 9.17) is 14.5 Å². The number of hydrogen-bond acceptors (Lipinski definition) is 4. The average molecular weight is 366 g/mol. The maximum Gasteiger partial charge on any atom is 0.191 e. The van der Waals surface area contributed by atoms with Crippen LogP contribution in [-0.2, 0) is 0 Å². The van der Waals surface area contributed by atoms with E-state index in [9.17, 15) is 5.11 Å². The van der Waals surface area contributed by atoms with Gasteiger partial charge in [-0.05, 0) is 55.9 Å². The van der Waals surface area contributed by atoms with E-state index in [2.05, 4.69) is 24.5 Å². The molecule has 1 aromatic carbocycles. The van der Waals surface area contributed by atoms with Gasteiger partial charge >= 0.3 is 0 Å². The largest absolute Gasteiger partial charge is 0.497 e. The van der Waals surface area contributed by atoms with Gasteiger partial charge in [0.15, 0.2) is 5.96 Å². The Morgan fingerprint density at radius 2 is 1.73 bits per heavy atom. The molecule has 0 saturated heterocycles. The van der Waals surface area contributed by atoms with E-state index < -0.39 is 0 Å². The lowest BCUT2D eigenvalue weighted by Crippen LogP contribution is -2.40. The number of nitrogens with zero attached hydrogens (tertiary/aromatic N) is 1. The number of hydrogen-bond donors (Lipinski definition) is 3. The Balaban J connectivity index is 2.50. The molecule has 6 nitrogen and oxygen atoms in total. The lowest BCUT2D eigenvalue weighted by molar-refractivity contribution is 0.175. The smallest absolute Gasteiger partial charge is 0.191 e. The lowest BCUT2D eigenvalue weighted by Gasteiger charge is -2.29. The zero-order chi connectivity index (χ0) is 19.3. The van der Waals surface area contributed by atoms with Gasteiger partial charge in [-0.3, -0.25) is 4.99 Å². The summed E-state index contributed by atoms with van der Waals surface area (Å²) in [6.45, 7) is 9.28. The van der Waals surface area contributed by atoms with Crippen LogP contribution >= 0.6 is 0 Å². The zero-order valence-electron chi connectivity index (χ0n) is 16.7. The van der Waals surface area contributed by atoms with Crippen molar-refractivity contribution in [2.45, 2.75) is 40.0 Å². The van der Waals surface area contributed by atoms with Crippen LogP contribution in [0, 0.1) is 5.41 Å². The van der Waals surface area contributed by atoms with E-state index in [1.54, 1.807) is 7.11 Å². The van der Waals surface area contributed by atoms with E-state index >= 15 is 0 Å². The van der Waals surface area contributed by atoms with Crippen LogP contribution in [0.15, 0.2) is 29.3 Å². The number of aliphatic hydroxyl groups is 1. The molecule has 3 N–H and O–H groups in total. The average Bonchev–Trinajstić information content (AvgIpc) is 2.68. The molecule has 1 rings (SSSR count). The highest BCUT2D eigenvalue weighted by atomic mass is 16.5. The van der Waals surface area contributed by atoms with E-state index in [0.717, 1.165) is 43.3 Å². The van der Waals surface area contributed by atoms with Gasteiger partial charge in [-0.25, -0.2) is 0 Å². The second-order valence-electron chi connectivity index (χ2n) is 6.33. The molecule has 148 valence electrons. The van der Waals surface area contributed by atoms with Crippen LogP contribution < -0.4 is 20.1 Å². The molecule has 0 amide bonds. The van der Waals surface area contributed by atoms with Gasteiger partial charge in [0, 0.05) is 19.7 Å². The number of rotatable bonds is 12. The van der Waals surface area contributed by atoms with Gasteiger partial charge in [0.05, 0.1) is 13.7 Å². The van der Waals surface area contributed by atoms with Crippen molar-refractivity contribution >= 4 is 5.96 Å². The highest BCUT2D eigenvalue weighted by molar-refractivity contribution is 5.79. The van der Waals surface area contributed by atoms with Crippen molar-refractivity contribution in [2.75, 3.05) is 40.0 Å². The molecule has 0 radical (unpaired) electrons. The second-order valence-corrected chi connectivity index (χ2v) is 6.33.